The summed E-state index contributed by atoms with van der Waals surface area (Å²) in [5.74, 6) is -0.185. The maximum Gasteiger partial charge on any atom is 0.342 e. The molecular formula is C12H10ClN3O2. The van der Waals surface area contributed by atoms with E-state index < -0.39 is 5.97 Å². The molecule has 0 aliphatic rings. The Balaban J connectivity index is 2.47. The van der Waals surface area contributed by atoms with Crippen molar-refractivity contribution in [3.8, 4) is 11.5 Å². The molecule has 0 bridgehead atoms. The second-order valence-electron chi connectivity index (χ2n) is 3.56. The molecule has 0 unspecified atom stereocenters. The van der Waals surface area contributed by atoms with Gasteiger partial charge in [-0.05, 0) is 18.6 Å². The van der Waals surface area contributed by atoms with Gasteiger partial charge in [0.2, 0.25) is 0 Å². The highest BCUT2D eigenvalue weighted by molar-refractivity contribution is 6.32. The molecule has 0 amide bonds. The van der Waals surface area contributed by atoms with Gasteiger partial charge in [0.25, 0.3) is 0 Å². The van der Waals surface area contributed by atoms with Crippen LogP contribution in [0.2, 0.25) is 5.15 Å². The van der Waals surface area contributed by atoms with Crippen LogP contribution in [0.3, 0.4) is 0 Å². The zero-order valence-corrected chi connectivity index (χ0v) is 10.6. The van der Waals surface area contributed by atoms with Gasteiger partial charge in [-0.1, -0.05) is 17.7 Å². The average molecular weight is 264 g/mol. The first-order chi connectivity index (χ1) is 8.63. The highest BCUT2D eigenvalue weighted by Gasteiger charge is 2.15. The molecule has 0 spiro atoms. The Morgan fingerprint density at radius 1 is 1.39 bits per heavy atom. The highest BCUT2D eigenvalue weighted by Crippen LogP contribution is 2.20. The van der Waals surface area contributed by atoms with Gasteiger partial charge in [-0.25, -0.2) is 14.8 Å². The zero-order valence-electron chi connectivity index (χ0n) is 9.85. The van der Waals surface area contributed by atoms with E-state index in [2.05, 4.69) is 19.7 Å². The van der Waals surface area contributed by atoms with Crippen LogP contribution < -0.4 is 0 Å². The number of ether oxygens (including phenoxy) is 1. The molecule has 5 nitrogen and oxygen atoms in total. The number of carbonyl (C=O) groups excluding carboxylic acids is 1. The number of halogens is 1. The van der Waals surface area contributed by atoms with Crippen molar-refractivity contribution in [1.82, 2.24) is 15.0 Å². The number of carbonyl (C=O) groups is 1. The van der Waals surface area contributed by atoms with E-state index in [1.807, 2.05) is 19.1 Å². The van der Waals surface area contributed by atoms with Crippen LogP contribution in [-0.4, -0.2) is 28.0 Å². The van der Waals surface area contributed by atoms with Crippen LogP contribution in [0, 0.1) is 6.92 Å². The molecule has 0 fully saturated rings. The summed E-state index contributed by atoms with van der Waals surface area (Å²) in [5.41, 5.74) is 1.70. The molecule has 2 rings (SSSR count). The number of rotatable bonds is 2. The third kappa shape index (κ3) is 2.31. The van der Waals surface area contributed by atoms with Gasteiger partial charge in [0.05, 0.1) is 7.11 Å². The molecule has 0 saturated heterocycles. The van der Waals surface area contributed by atoms with E-state index in [0.717, 1.165) is 5.56 Å². The number of nitrogens with zero attached hydrogens (tertiary/aromatic N) is 3. The topological polar surface area (TPSA) is 65.0 Å². The summed E-state index contributed by atoms with van der Waals surface area (Å²) in [6, 6.07) is 3.72. The molecule has 18 heavy (non-hydrogen) atoms. The van der Waals surface area contributed by atoms with Gasteiger partial charge in [0, 0.05) is 12.4 Å². The van der Waals surface area contributed by atoms with Crippen LogP contribution in [0.4, 0.5) is 0 Å². The Hall–Kier alpha value is -2.01. The molecule has 0 aliphatic heterocycles. The lowest BCUT2D eigenvalue weighted by Crippen LogP contribution is -2.05. The third-order valence-electron chi connectivity index (χ3n) is 2.37. The quantitative estimate of drug-likeness (QED) is 0.614. The molecular weight excluding hydrogens is 254 g/mol. The minimum Gasteiger partial charge on any atom is -0.465 e. The highest BCUT2D eigenvalue weighted by atomic mass is 35.5. The van der Waals surface area contributed by atoms with E-state index in [9.17, 15) is 4.79 Å². The monoisotopic (exact) mass is 263 g/mol. The minimum atomic E-state index is -0.565. The molecule has 0 saturated carbocycles. The second kappa shape index (κ2) is 5.10. The number of hydrogen-bond acceptors (Lipinski definition) is 5. The van der Waals surface area contributed by atoms with E-state index >= 15 is 0 Å². The average Bonchev–Trinajstić information content (AvgIpc) is 2.38. The first-order valence-corrected chi connectivity index (χ1v) is 5.54. The Kier molecular flexibility index (Phi) is 3.53. The predicted molar refractivity (Wildman–Crippen MR) is 66.3 cm³/mol. The fourth-order valence-electron chi connectivity index (χ4n) is 1.44. The van der Waals surface area contributed by atoms with E-state index in [1.54, 1.807) is 6.20 Å². The Morgan fingerprint density at radius 3 is 2.78 bits per heavy atom. The van der Waals surface area contributed by atoms with Gasteiger partial charge in [-0.3, -0.25) is 4.98 Å². The van der Waals surface area contributed by atoms with Crippen LogP contribution >= 0.6 is 11.6 Å². The fraction of sp³-hybridized carbons (Fsp3) is 0.167. The summed E-state index contributed by atoms with van der Waals surface area (Å²) in [6.07, 6.45) is 2.98. The lowest BCUT2D eigenvalue weighted by molar-refractivity contribution is 0.0600. The van der Waals surface area contributed by atoms with E-state index in [1.165, 1.54) is 13.3 Å². The van der Waals surface area contributed by atoms with Crippen molar-refractivity contribution in [2.24, 2.45) is 0 Å². The molecule has 0 aromatic carbocycles. The van der Waals surface area contributed by atoms with Gasteiger partial charge in [-0.15, -0.1) is 0 Å². The van der Waals surface area contributed by atoms with Crippen LogP contribution in [0.25, 0.3) is 11.5 Å². The number of pyridine rings is 1. The lowest BCUT2D eigenvalue weighted by atomic mass is 10.2. The van der Waals surface area contributed by atoms with Crippen molar-refractivity contribution in [2.75, 3.05) is 7.11 Å². The summed E-state index contributed by atoms with van der Waals surface area (Å²) in [5, 5.41) is 0.0527. The largest absolute Gasteiger partial charge is 0.465 e. The standard InChI is InChI=1S/C12H10ClN3O2/c1-7-4-3-5-14-9(7)11-15-6-8(10(13)16-11)12(17)18-2/h3-6H,1-2H3. The van der Waals surface area contributed by atoms with Gasteiger partial charge in [-0.2, -0.15) is 0 Å². The summed E-state index contributed by atoms with van der Waals surface area (Å²) >= 11 is 5.93. The summed E-state index contributed by atoms with van der Waals surface area (Å²) in [4.78, 5) is 23.7. The molecule has 0 N–H and O–H groups in total. The zero-order chi connectivity index (χ0) is 13.1. The van der Waals surface area contributed by atoms with Crippen LogP contribution in [0.15, 0.2) is 24.5 Å². The number of methoxy groups -OCH3 is 1. The number of aryl methyl sites for hydroxylation is 1. The lowest BCUT2D eigenvalue weighted by Gasteiger charge is -2.05. The van der Waals surface area contributed by atoms with E-state index in [0.29, 0.717) is 11.5 Å². The molecule has 2 heterocycles. The molecule has 92 valence electrons. The van der Waals surface area contributed by atoms with Crippen LogP contribution in [-0.2, 0) is 4.74 Å². The summed E-state index contributed by atoms with van der Waals surface area (Å²) in [7, 11) is 1.27. The molecule has 0 aliphatic carbocycles. The fourth-order valence-corrected chi connectivity index (χ4v) is 1.65. The number of esters is 1. The molecule has 0 radical (unpaired) electrons. The predicted octanol–water partition coefficient (Wildman–Crippen LogP) is 2.29. The van der Waals surface area contributed by atoms with Crippen molar-refractivity contribution < 1.29 is 9.53 Å². The van der Waals surface area contributed by atoms with Gasteiger partial charge in [0.15, 0.2) is 5.82 Å². The molecule has 2 aromatic rings. The minimum absolute atomic E-state index is 0.0527. The Labute approximate surface area is 109 Å². The maximum absolute atomic E-state index is 11.3. The van der Waals surface area contributed by atoms with Gasteiger partial charge < -0.3 is 4.74 Å². The summed E-state index contributed by atoms with van der Waals surface area (Å²) in [6.45, 7) is 1.90. The van der Waals surface area contributed by atoms with Crippen LogP contribution in [0.1, 0.15) is 15.9 Å². The van der Waals surface area contributed by atoms with Crippen molar-refractivity contribution in [3.63, 3.8) is 0 Å². The SMILES string of the molecule is COC(=O)c1cnc(-c2ncccc2C)nc1Cl. The Morgan fingerprint density at radius 2 is 2.17 bits per heavy atom. The smallest absolute Gasteiger partial charge is 0.342 e. The van der Waals surface area contributed by atoms with Crippen molar-refractivity contribution in [1.29, 1.82) is 0 Å². The molecule has 2 aromatic heterocycles. The summed E-state index contributed by atoms with van der Waals surface area (Å²) < 4.78 is 4.57. The van der Waals surface area contributed by atoms with Gasteiger partial charge in [0.1, 0.15) is 16.4 Å². The third-order valence-corrected chi connectivity index (χ3v) is 2.66. The van der Waals surface area contributed by atoms with Crippen LogP contribution in [0.5, 0.6) is 0 Å². The van der Waals surface area contributed by atoms with Gasteiger partial charge >= 0.3 is 5.97 Å². The Bertz CT molecular complexity index is 602. The number of aromatic nitrogens is 3. The maximum atomic E-state index is 11.3. The van der Waals surface area contributed by atoms with Crippen molar-refractivity contribution in [3.05, 3.63) is 40.8 Å². The van der Waals surface area contributed by atoms with E-state index in [-0.39, 0.29) is 10.7 Å². The normalized spacial score (nSPS) is 10.2. The van der Waals surface area contributed by atoms with Crippen molar-refractivity contribution in [2.45, 2.75) is 6.92 Å². The first-order valence-electron chi connectivity index (χ1n) is 5.16. The molecule has 6 heteroatoms. The number of hydrogen-bond donors (Lipinski definition) is 0. The van der Waals surface area contributed by atoms with Crippen molar-refractivity contribution >= 4 is 17.6 Å². The second-order valence-corrected chi connectivity index (χ2v) is 3.92. The van der Waals surface area contributed by atoms with E-state index in [4.69, 9.17) is 11.6 Å². The first kappa shape index (κ1) is 12.4. The molecule has 0 atom stereocenters.